The lowest BCUT2D eigenvalue weighted by atomic mass is 10.1. The van der Waals surface area contributed by atoms with Gasteiger partial charge in [-0.25, -0.2) is 4.79 Å². The molecule has 11 heteroatoms. The second-order valence-corrected chi connectivity index (χ2v) is 5.31. The highest BCUT2D eigenvalue weighted by molar-refractivity contribution is 5.97. The Hall–Kier alpha value is -3.63. The minimum absolute atomic E-state index is 0.0173. The molecule has 0 heterocycles. The second-order valence-electron chi connectivity index (χ2n) is 5.31. The number of nitro benzene ring substituents is 1. The third-order valence-electron chi connectivity index (χ3n) is 3.46. The molecule has 0 saturated carbocycles. The van der Waals surface area contributed by atoms with Crippen LogP contribution in [0.15, 0.2) is 42.5 Å². The predicted molar refractivity (Wildman–Crippen MR) is 90.0 cm³/mol. The van der Waals surface area contributed by atoms with E-state index in [1.165, 1.54) is 19.2 Å². The molecule has 0 spiro atoms. The summed E-state index contributed by atoms with van der Waals surface area (Å²) < 4.78 is 48.3. The van der Waals surface area contributed by atoms with Gasteiger partial charge in [0.25, 0.3) is 11.6 Å². The van der Waals surface area contributed by atoms with Gasteiger partial charge in [0.1, 0.15) is 5.75 Å². The van der Waals surface area contributed by atoms with Crippen LogP contribution in [0.2, 0.25) is 0 Å². The second kappa shape index (κ2) is 8.37. The number of amides is 1. The molecule has 148 valence electrons. The molecule has 0 unspecified atom stereocenters. The summed E-state index contributed by atoms with van der Waals surface area (Å²) in [4.78, 5) is 33.9. The summed E-state index contributed by atoms with van der Waals surface area (Å²) in [6.45, 7) is -0.870. The molecule has 0 radical (unpaired) electrons. The average Bonchev–Trinajstić information content (AvgIpc) is 2.65. The van der Waals surface area contributed by atoms with Crippen LogP contribution in [0.25, 0.3) is 0 Å². The van der Waals surface area contributed by atoms with Gasteiger partial charge in [-0.3, -0.25) is 14.9 Å². The van der Waals surface area contributed by atoms with Crippen LogP contribution in [0.5, 0.6) is 5.75 Å². The Morgan fingerprint density at radius 2 is 1.86 bits per heavy atom. The standard InChI is InChI=1S/C17H13F3N2O6/c1-27-14-8-10(22(25)26)6-7-13(14)21-15(23)9-28-16(24)11-4-2-3-5-12(11)17(18,19)20/h2-8H,9H2,1H3,(H,21,23). The number of non-ortho nitro benzene ring substituents is 1. The van der Waals surface area contributed by atoms with E-state index in [0.717, 1.165) is 30.3 Å². The zero-order valence-electron chi connectivity index (χ0n) is 14.3. The number of ether oxygens (including phenoxy) is 2. The molecule has 0 aliphatic heterocycles. The van der Waals surface area contributed by atoms with Crippen LogP contribution < -0.4 is 10.1 Å². The summed E-state index contributed by atoms with van der Waals surface area (Å²) in [6, 6.07) is 7.39. The van der Waals surface area contributed by atoms with Crippen LogP contribution in [0.1, 0.15) is 15.9 Å². The van der Waals surface area contributed by atoms with Crippen molar-refractivity contribution in [2.24, 2.45) is 0 Å². The summed E-state index contributed by atoms with van der Waals surface area (Å²) in [7, 11) is 1.23. The Morgan fingerprint density at radius 1 is 1.18 bits per heavy atom. The van der Waals surface area contributed by atoms with Crippen molar-refractivity contribution in [3.8, 4) is 5.75 Å². The molecule has 0 fully saturated rings. The fourth-order valence-electron chi connectivity index (χ4n) is 2.20. The molecule has 28 heavy (non-hydrogen) atoms. The van der Waals surface area contributed by atoms with Gasteiger partial charge < -0.3 is 14.8 Å². The number of carbonyl (C=O) groups is 2. The maximum atomic E-state index is 12.9. The number of hydrogen-bond donors (Lipinski definition) is 1. The lowest BCUT2D eigenvalue weighted by Gasteiger charge is -2.13. The number of nitrogens with zero attached hydrogens (tertiary/aromatic N) is 1. The van der Waals surface area contributed by atoms with E-state index in [0.29, 0.717) is 0 Å². The van der Waals surface area contributed by atoms with Gasteiger partial charge in [-0.1, -0.05) is 12.1 Å². The summed E-state index contributed by atoms with van der Waals surface area (Å²) in [6.07, 6.45) is -4.76. The van der Waals surface area contributed by atoms with Gasteiger partial charge in [-0.05, 0) is 18.2 Å². The maximum absolute atomic E-state index is 12.9. The van der Waals surface area contributed by atoms with E-state index in [1.807, 2.05) is 0 Å². The monoisotopic (exact) mass is 398 g/mol. The first kappa shape index (κ1) is 20.7. The molecular formula is C17H13F3N2O6. The van der Waals surface area contributed by atoms with E-state index < -0.39 is 40.7 Å². The van der Waals surface area contributed by atoms with Crippen molar-refractivity contribution in [2.45, 2.75) is 6.18 Å². The Morgan fingerprint density at radius 3 is 2.46 bits per heavy atom. The van der Waals surface area contributed by atoms with Crippen molar-refractivity contribution < 1.29 is 37.2 Å². The van der Waals surface area contributed by atoms with E-state index >= 15 is 0 Å². The Bertz CT molecular complexity index is 914. The molecule has 1 amide bonds. The molecule has 0 aromatic heterocycles. The van der Waals surface area contributed by atoms with Gasteiger partial charge in [0.2, 0.25) is 0 Å². The van der Waals surface area contributed by atoms with Crippen LogP contribution in [-0.2, 0) is 15.7 Å². The minimum Gasteiger partial charge on any atom is -0.494 e. The number of hydrogen-bond acceptors (Lipinski definition) is 6. The molecule has 2 aromatic rings. The van der Waals surface area contributed by atoms with E-state index in [9.17, 15) is 32.9 Å². The average molecular weight is 398 g/mol. The number of benzene rings is 2. The molecule has 0 aliphatic carbocycles. The van der Waals surface area contributed by atoms with Gasteiger partial charge >= 0.3 is 12.1 Å². The van der Waals surface area contributed by atoms with Gasteiger partial charge in [0.15, 0.2) is 6.61 Å². The minimum atomic E-state index is -4.76. The number of esters is 1. The Balaban J connectivity index is 2.06. The van der Waals surface area contributed by atoms with Crippen LogP contribution in [-0.4, -0.2) is 30.5 Å². The van der Waals surface area contributed by atoms with Crippen molar-refractivity contribution in [1.82, 2.24) is 0 Å². The number of carbonyl (C=O) groups excluding carboxylic acids is 2. The molecule has 8 nitrogen and oxygen atoms in total. The van der Waals surface area contributed by atoms with E-state index in [4.69, 9.17) is 4.74 Å². The third-order valence-corrected chi connectivity index (χ3v) is 3.46. The summed E-state index contributed by atoms with van der Waals surface area (Å²) in [5.41, 5.74) is -2.12. The molecule has 2 rings (SSSR count). The number of rotatable bonds is 6. The van der Waals surface area contributed by atoms with Crippen molar-refractivity contribution in [1.29, 1.82) is 0 Å². The third kappa shape index (κ3) is 4.96. The molecule has 0 saturated heterocycles. The van der Waals surface area contributed by atoms with Crippen LogP contribution in [0.3, 0.4) is 0 Å². The normalized spacial score (nSPS) is 10.9. The van der Waals surface area contributed by atoms with Gasteiger partial charge in [0, 0.05) is 6.07 Å². The predicted octanol–water partition coefficient (Wildman–Crippen LogP) is 3.42. The van der Waals surface area contributed by atoms with Crippen molar-refractivity contribution >= 4 is 23.3 Å². The SMILES string of the molecule is COc1cc([N+](=O)[O-])ccc1NC(=O)COC(=O)c1ccccc1C(F)(F)F. The number of methoxy groups -OCH3 is 1. The van der Waals surface area contributed by atoms with Gasteiger partial charge in [0.05, 0.1) is 34.9 Å². The molecule has 0 atom stereocenters. The highest BCUT2D eigenvalue weighted by atomic mass is 19.4. The quantitative estimate of drug-likeness (QED) is 0.454. The summed E-state index contributed by atoms with van der Waals surface area (Å²) in [5.74, 6) is -2.21. The molecule has 0 aliphatic rings. The highest BCUT2D eigenvalue weighted by Crippen LogP contribution is 2.32. The topological polar surface area (TPSA) is 108 Å². The lowest BCUT2D eigenvalue weighted by molar-refractivity contribution is -0.384. The fraction of sp³-hybridized carbons (Fsp3) is 0.176. The highest BCUT2D eigenvalue weighted by Gasteiger charge is 2.35. The van der Waals surface area contributed by atoms with Crippen molar-refractivity contribution in [2.75, 3.05) is 19.0 Å². The van der Waals surface area contributed by atoms with Crippen LogP contribution in [0, 0.1) is 10.1 Å². The van der Waals surface area contributed by atoms with E-state index in [2.05, 4.69) is 10.1 Å². The van der Waals surface area contributed by atoms with Crippen molar-refractivity contribution in [3.63, 3.8) is 0 Å². The first-order valence-electron chi connectivity index (χ1n) is 7.59. The lowest BCUT2D eigenvalue weighted by Crippen LogP contribution is -2.22. The number of nitrogens with one attached hydrogen (secondary N) is 1. The van der Waals surface area contributed by atoms with Gasteiger partial charge in [-0.2, -0.15) is 13.2 Å². The number of halogens is 3. The largest absolute Gasteiger partial charge is 0.494 e. The molecule has 0 bridgehead atoms. The summed E-state index contributed by atoms with van der Waals surface area (Å²) >= 11 is 0. The Kier molecular flexibility index (Phi) is 6.18. The fourth-order valence-corrected chi connectivity index (χ4v) is 2.20. The molecular weight excluding hydrogens is 385 g/mol. The maximum Gasteiger partial charge on any atom is 0.417 e. The summed E-state index contributed by atoms with van der Waals surface area (Å²) in [5, 5.41) is 13.0. The van der Waals surface area contributed by atoms with Crippen LogP contribution >= 0.6 is 0 Å². The van der Waals surface area contributed by atoms with E-state index in [1.54, 1.807) is 0 Å². The van der Waals surface area contributed by atoms with Crippen molar-refractivity contribution in [3.05, 3.63) is 63.7 Å². The zero-order chi connectivity index (χ0) is 20.9. The molecule has 2 aromatic carbocycles. The number of anilines is 1. The molecule has 1 N–H and O–H groups in total. The Labute approximate surface area is 156 Å². The van der Waals surface area contributed by atoms with Gasteiger partial charge in [-0.15, -0.1) is 0 Å². The zero-order valence-corrected chi connectivity index (χ0v) is 14.3. The number of nitro groups is 1. The smallest absolute Gasteiger partial charge is 0.417 e. The first-order valence-corrected chi connectivity index (χ1v) is 7.59. The first-order chi connectivity index (χ1) is 13.1. The van der Waals surface area contributed by atoms with E-state index in [-0.39, 0.29) is 17.1 Å². The van der Waals surface area contributed by atoms with Crippen LogP contribution in [0.4, 0.5) is 24.5 Å². The number of alkyl halides is 3.